The van der Waals surface area contributed by atoms with Crippen molar-refractivity contribution in [2.45, 2.75) is 6.54 Å². The minimum absolute atomic E-state index is 0.270. The lowest BCUT2D eigenvalue weighted by atomic mass is 10.2. The molecule has 0 radical (unpaired) electrons. The van der Waals surface area contributed by atoms with Crippen LogP contribution in [0.1, 0.15) is 16.1 Å². The molecular formula is C15H12FN3O. The Bertz CT molecular complexity index is 752. The van der Waals surface area contributed by atoms with E-state index in [2.05, 4.69) is 10.3 Å². The molecule has 5 heteroatoms. The summed E-state index contributed by atoms with van der Waals surface area (Å²) >= 11 is 0. The maximum absolute atomic E-state index is 13.1. The first-order chi connectivity index (χ1) is 9.72. The number of imidazole rings is 1. The molecule has 4 nitrogen and oxygen atoms in total. The molecule has 0 fully saturated rings. The SMILES string of the molecule is O=C(NCc1ccccc1)c1cn2cc(F)ccc2n1. The molecule has 0 unspecified atom stereocenters. The van der Waals surface area contributed by atoms with E-state index in [-0.39, 0.29) is 17.4 Å². The number of nitrogens with one attached hydrogen (secondary N) is 1. The van der Waals surface area contributed by atoms with E-state index in [1.807, 2.05) is 30.3 Å². The van der Waals surface area contributed by atoms with Crippen LogP contribution in [0.4, 0.5) is 4.39 Å². The number of rotatable bonds is 3. The smallest absolute Gasteiger partial charge is 0.271 e. The molecular weight excluding hydrogens is 257 g/mol. The molecule has 0 saturated carbocycles. The maximum atomic E-state index is 13.1. The van der Waals surface area contributed by atoms with Crippen LogP contribution in [0, 0.1) is 5.82 Å². The summed E-state index contributed by atoms with van der Waals surface area (Å²) in [5.74, 6) is -0.649. The van der Waals surface area contributed by atoms with Gasteiger partial charge in [-0.15, -0.1) is 0 Å². The lowest BCUT2D eigenvalue weighted by Crippen LogP contribution is -2.23. The van der Waals surface area contributed by atoms with Crippen LogP contribution >= 0.6 is 0 Å². The van der Waals surface area contributed by atoms with Gasteiger partial charge >= 0.3 is 0 Å². The second kappa shape index (κ2) is 5.13. The van der Waals surface area contributed by atoms with Crippen LogP contribution in [0.15, 0.2) is 54.9 Å². The summed E-state index contributed by atoms with van der Waals surface area (Å²) in [7, 11) is 0. The zero-order valence-corrected chi connectivity index (χ0v) is 10.6. The second-order valence-electron chi connectivity index (χ2n) is 4.41. The van der Waals surface area contributed by atoms with E-state index < -0.39 is 0 Å². The Kier molecular flexibility index (Phi) is 3.16. The Morgan fingerprint density at radius 1 is 1.15 bits per heavy atom. The van der Waals surface area contributed by atoms with Crippen LogP contribution < -0.4 is 5.32 Å². The Morgan fingerprint density at radius 2 is 1.95 bits per heavy atom. The fraction of sp³-hybridized carbons (Fsp3) is 0.0667. The molecule has 3 rings (SSSR count). The highest BCUT2D eigenvalue weighted by molar-refractivity contribution is 5.92. The van der Waals surface area contributed by atoms with Gasteiger partial charge in [0.1, 0.15) is 17.2 Å². The third kappa shape index (κ3) is 2.51. The van der Waals surface area contributed by atoms with Crippen LogP contribution in [-0.4, -0.2) is 15.3 Å². The Labute approximate surface area is 114 Å². The first-order valence-corrected chi connectivity index (χ1v) is 6.19. The van der Waals surface area contributed by atoms with Crippen molar-refractivity contribution in [1.82, 2.24) is 14.7 Å². The minimum atomic E-state index is -0.369. The summed E-state index contributed by atoms with van der Waals surface area (Å²) in [6.07, 6.45) is 2.80. The molecule has 0 aliphatic heterocycles. The van der Waals surface area contributed by atoms with Crippen molar-refractivity contribution in [3.05, 3.63) is 71.9 Å². The number of pyridine rings is 1. The van der Waals surface area contributed by atoms with Gasteiger partial charge < -0.3 is 9.72 Å². The van der Waals surface area contributed by atoms with Crippen LogP contribution in [0.5, 0.6) is 0 Å². The molecule has 0 saturated heterocycles. The first-order valence-electron chi connectivity index (χ1n) is 6.19. The lowest BCUT2D eigenvalue weighted by Gasteiger charge is -2.02. The van der Waals surface area contributed by atoms with E-state index in [0.717, 1.165) is 5.56 Å². The number of nitrogens with zero attached hydrogens (tertiary/aromatic N) is 2. The molecule has 0 aliphatic carbocycles. The first kappa shape index (κ1) is 12.3. The Hall–Kier alpha value is -2.69. The summed E-state index contributed by atoms with van der Waals surface area (Å²) in [6.45, 7) is 0.432. The van der Waals surface area contributed by atoms with Crippen LogP contribution in [0.25, 0.3) is 5.65 Å². The van der Waals surface area contributed by atoms with E-state index in [4.69, 9.17) is 0 Å². The van der Waals surface area contributed by atoms with Gasteiger partial charge in [-0.1, -0.05) is 30.3 Å². The average molecular weight is 269 g/mol. The number of aromatic nitrogens is 2. The van der Waals surface area contributed by atoms with E-state index in [0.29, 0.717) is 12.2 Å². The average Bonchev–Trinajstić information content (AvgIpc) is 2.89. The third-order valence-electron chi connectivity index (χ3n) is 2.94. The summed E-state index contributed by atoms with van der Waals surface area (Å²) in [5, 5.41) is 2.78. The van der Waals surface area contributed by atoms with Gasteiger partial charge in [-0.2, -0.15) is 0 Å². The summed E-state index contributed by atoms with van der Waals surface area (Å²) in [5.41, 5.74) is 1.82. The van der Waals surface area contributed by atoms with Crippen molar-refractivity contribution in [1.29, 1.82) is 0 Å². The van der Waals surface area contributed by atoms with Gasteiger partial charge in [-0.3, -0.25) is 4.79 Å². The van der Waals surface area contributed by atoms with Gasteiger partial charge in [0.2, 0.25) is 0 Å². The number of carbonyl (C=O) groups excluding carboxylic acids is 1. The molecule has 2 heterocycles. The van der Waals surface area contributed by atoms with E-state index >= 15 is 0 Å². The molecule has 3 aromatic rings. The van der Waals surface area contributed by atoms with Gasteiger partial charge in [0.25, 0.3) is 5.91 Å². The number of halogens is 1. The zero-order valence-electron chi connectivity index (χ0n) is 10.6. The fourth-order valence-electron chi connectivity index (χ4n) is 1.94. The number of carbonyl (C=O) groups is 1. The lowest BCUT2D eigenvalue weighted by molar-refractivity contribution is 0.0946. The Morgan fingerprint density at radius 3 is 2.75 bits per heavy atom. The zero-order chi connectivity index (χ0) is 13.9. The van der Waals surface area contributed by atoms with Gasteiger partial charge in [0.05, 0.1) is 0 Å². The van der Waals surface area contributed by atoms with Crippen molar-refractivity contribution in [3.63, 3.8) is 0 Å². The van der Waals surface area contributed by atoms with Crippen LogP contribution in [-0.2, 0) is 6.54 Å². The molecule has 0 spiro atoms. The second-order valence-corrected chi connectivity index (χ2v) is 4.41. The van der Waals surface area contributed by atoms with Gasteiger partial charge in [0, 0.05) is 18.9 Å². The highest BCUT2D eigenvalue weighted by atomic mass is 19.1. The number of amides is 1. The number of fused-ring (bicyclic) bond motifs is 1. The molecule has 0 aliphatic rings. The minimum Gasteiger partial charge on any atom is -0.347 e. The number of hydrogen-bond donors (Lipinski definition) is 1. The third-order valence-corrected chi connectivity index (χ3v) is 2.94. The number of benzene rings is 1. The van der Waals surface area contributed by atoms with Crippen molar-refractivity contribution in [2.24, 2.45) is 0 Å². The van der Waals surface area contributed by atoms with Crippen LogP contribution in [0.3, 0.4) is 0 Å². The normalized spacial score (nSPS) is 10.7. The fourth-order valence-corrected chi connectivity index (χ4v) is 1.94. The molecule has 1 N–H and O–H groups in total. The molecule has 1 amide bonds. The molecule has 100 valence electrons. The quantitative estimate of drug-likeness (QED) is 0.793. The Balaban J connectivity index is 1.75. The predicted molar refractivity (Wildman–Crippen MR) is 72.8 cm³/mol. The van der Waals surface area contributed by atoms with E-state index in [1.165, 1.54) is 28.9 Å². The standard InChI is InChI=1S/C15H12FN3O/c16-12-6-7-14-18-13(10-19(14)9-12)15(20)17-8-11-4-2-1-3-5-11/h1-7,9-10H,8H2,(H,17,20). The van der Waals surface area contributed by atoms with Gasteiger partial charge in [-0.05, 0) is 17.7 Å². The predicted octanol–water partition coefficient (Wildman–Crippen LogP) is 2.40. The topological polar surface area (TPSA) is 46.4 Å². The van der Waals surface area contributed by atoms with E-state index in [1.54, 1.807) is 0 Å². The molecule has 20 heavy (non-hydrogen) atoms. The van der Waals surface area contributed by atoms with Crippen LogP contribution in [0.2, 0.25) is 0 Å². The van der Waals surface area contributed by atoms with Gasteiger partial charge in [-0.25, -0.2) is 9.37 Å². The van der Waals surface area contributed by atoms with Crippen molar-refractivity contribution < 1.29 is 9.18 Å². The molecule has 2 aromatic heterocycles. The molecule has 0 atom stereocenters. The molecule has 1 aromatic carbocycles. The highest BCUT2D eigenvalue weighted by Gasteiger charge is 2.10. The molecule has 0 bridgehead atoms. The maximum Gasteiger partial charge on any atom is 0.271 e. The highest BCUT2D eigenvalue weighted by Crippen LogP contribution is 2.07. The summed E-state index contributed by atoms with van der Waals surface area (Å²) in [6, 6.07) is 12.4. The van der Waals surface area contributed by atoms with E-state index in [9.17, 15) is 9.18 Å². The summed E-state index contributed by atoms with van der Waals surface area (Å²) in [4.78, 5) is 16.1. The van der Waals surface area contributed by atoms with Crippen molar-refractivity contribution >= 4 is 11.6 Å². The largest absolute Gasteiger partial charge is 0.347 e. The van der Waals surface area contributed by atoms with Crippen molar-refractivity contribution in [3.8, 4) is 0 Å². The van der Waals surface area contributed by atoms with Gasteiger partial charge in [0.15, 0.2) is 0 Å². The summed E-state index contributed by atoms with van der Waals surface area (Å²) < 4.78 is 14.6. The number of hydrogen-bond acceptors (Lipinski definition) is 2. The van der Waals surface area contributed by atoms with Crippen molar-refractivity contribution in [2.75, 3.05) is 0 Å². The monoisotopic (exact) mass is 269 g/mol.